The molecule has 0 fully saturated rings. The maximum atomic E-state index is 12.6. The summed E-state index contributed by atoms with van der Waals surface area (Å²) in [5.41, 5.74) is 3.03. The summed E-state index contributed by atoms with van der Waals surface area (Å²) in [7, 11) is 1.82. The molecule has 3 rings (SSSR count). The van der Waals surface area contributed by atoms with Gasteiger partial charge in [0.25, 0.3) is 0 Å². The van der Waals surface area contributed by atoms with Gasteiger partial charge >= 0.3 is 6.09 Å². The van der Waals surface area contributed by atoms with Gasteiger partial charge in [-0.15, -0.1) is 5.10 Å². The second-order valence-electron chi connectivity index (χ2n) is 7.69. The zero-order valence-electron chi connectivity index (χ0n) is 16.6. The van der Waals surface area contributed by atoms with E-state index in [0.29, 0.717) is 18.2 Å². The molecule has 0 radical (unpaired) electrons. The van der Waals surface area contributed by atoms with E-state index in [1.807, 2.05) is 52.1 Å². The van der Waals surface area contributed by atoms with E-state index in [-0.39, 0.29) is 12.1 Å². The molecule has 1 aliphatic heterocycles. The molecule has 1 aromatic heterocycles. The quantitative estimate of drug-likeness (QED) is 0.798. The Morgan fingerprint density at radius 3 is 2.79 bits per heavy atom. The number of halogens is 1. The third-order valence-corrected chi connectivity index (χ3v) is 4.67. The minimum atomic E-state index is -0.530. The standard InChI is InChI=1S/C20H26ClN5O2/c1-20(2,3)28-19(27)26-10-9-14(13-7-5-6-8-17(13)26)23-12-16-15(22-4)11-18(21)25-24-16/h5-8,11,14,23H,9-10,12H2,1-4H3,(H,22,25). The molecule has 7 nitrogen and oxygen atoms in total. The Morgan fingerprint density at radius 1 is 1.32 bits per heavy atom. The molecule has 2 N–H and O–H groups in total. The number of aromatic nitrogens is 2. The molecule has 0 spiro atoms. The largest absolute Gasteiger partial charge is 0.443 e. The number of ether oxygens (including phenoxy) is 1. The number of hydrogen-bond donors (Lipinski definition) is 2. The van der Waals surface area contributed by atoms with Crippen molar-refractivity contribution in [3.05, 3.63) is 46.7 Å². The van der Waals surface area contributed by atoms with Gasteiger partial charge < -0.3 is 15.4 Å². The van der Waals surface area contributed by atoms with E-state index in [2.05, 4.69) is 20.8 Å². The maximum Gasteiger partial charge on any atom is 0.414 e. The van der Waals surface area contributed by atoms with Crippen LogP contribution < -0.4 is 15.5 Å². The third kappa shape index (κ3) is 4.72. The first-order valence-corrected chi connectivity index (χ1v) is 9.69. The van der Waals surface area contributed by atoms with E-state index in [1.165, 1.54) is 0 Å². The number of rotatable bonds is 4. The number of carbonyl (C=O) groups is 1. The molecule has 0 bridgehead atoms. The topological polar surface area (TPSA) is 79.4 Å². The number of carbonyl (C=O) groups excluding carboxylic acids is 1. The van der Waals surface area contributed by atoms with E-state index in [1.54, 1.807) is 11.0 Å². The van der Waals surface area contributed by atoms with Crippen LogP contribution in [0.15, 0.2) is 30.3 Å². The van der Waals surface area contributed by atoms with Gasteiger partial charge in [0.1, 0.15) is 11.3 Å². The van der Waals surface area contributed by atoms with Crippen LogP contribution in [-0.2, 0) is 11.3 Å². The number of benzene rings is 1. The second-order valence-corrected chi connectivity index (χ2v) is 8.08. The summed E-state index contributed by atoms with van der Waals surface area (Å²) in [6.45, 7) is 6.73. The highest BCUT2D eigenvalue weighted by Crippen LogP contribution is 2.35. The molecule has 1 aliphatic rings. The summed E-state index contributed by atoms with van der Waals surface area (Å²) in [5, 5.41) is 15.1. The van der Waals surface area contributed by atoms with Crippen LogP contribution in [0.4, 0.5) is 16.2 Å². The van der Waals surface area contributed by atoms with Gasteiger partial charge in [0.15, 0.2) is 5.15 Å². The number of para-hydroxylation sites is 1. The highest BCUT2D eigenvalue weighted by Gasteiger charge is 2.31. The van der Waals surface area contributed by atoms with Crippen LogP contribution in [-0.4, -0.2) is 35.5 Å². The molecule has 0 saturated carbocycles. The lowest BCUT2D eigenvalue weighted by Gasteiger charge is -2.35. The summed E-state index contributed by atoms with van der Waals surface area (Å²) in [6.07, 6.45) is 0.450. The summed E-state index contributed by atoms with van der Waals surface area (Å²) in [6, 6.07) is 9.75. The van der Waals surface area contributed by atoms with E-state index in [4.69, 9.17) is 16.3 Å². The van der Waals surface area contributed by atoms with Crippen molar-refractivity contribution >= 4 is 29.1 Å². The first kappa shape index (κ1) is 20.4. The van der Waals surface area contributed by atoms with Crippen LogP contribution in [0.3, 0.4) is 0 Å². The first-order valence-electron chi connectivity index (χ1n) is 9.31. The Kier molecular flexibility index (Phi) is 6.05. The Morgan fingerprint density at radius 2 is 2.07 bits per heavy atom. The summed E-state index contributed by atoms with van der Waals surface area (Å²) in [5.74, 6) is 0. The Bertz CT molecular complexity index is 853. The fraction of sp³-hybridized carbons (Fsp3) is 0.450. The SMILES string of the molecule is CNc1cc(Cl)nnc1CNC1CCN(C(=O)OC(C)(C)C)c2ccccc21. The molecule has 2 aromatic rings. The highest BCUT2D eigenvalue weighted by molar-refractivity contribution is 6.29. The van der Waals surface area contributed by atoms with Crippen LogP contribution >= 0.6 is 11.6 Å². The second kappa shape index (κ2) is 8.32. The monoisotopic (exact) mass is 403 g/mol. The normalized spacial score (nSPS) is 16.5. The third-order valence-electron chi connectivity index (χ3n) is 4.48. The van der Waals surface area contributed by atoms with Crippen LogP contribution in [0.1, 0.15) is 44.5 Å². The zero-order chi connectivity index (χ0) is 20.3. The van der Waals surface area contributed by atoms with Crippen molar-refractivity contribution in [2.75, 3.05) is 23.8 Å². The van der Waals surface area contributed by atoms with Crippen molar-refractivity contribution in [3.8, 4) is 0 Å². The van der Waals surface area contributed by atoms with E-state index in [0.717, 1.165) is 29.1 Å². The number of fused-ring (bicyclic) bond motifs is 1. The minimum absolute atomic E-state index is 0.0945. The van der Waals surface area contributed by atoms with Gasteiger partial charge in [-0.1, -0.05) is 29.8 Å². The number of amides is 1. The van der Waals surface area contributed by atoms with Crippen LogP contribution in [0.5, 0.6) is 0 Å². The summed E-state index contributed by atoms with van der Waals surface area (Å²) >= 11 is 5.92. The molecule has 8 heteroatoms. The molecular weight excluding hydrogens is 378 g/mol. The lowest BCUT2D eigenvalue weighted by molar-refractivity contribution is 0.0576. The Hall–Kier alpha value is -2.38. The maximum absolute atomic E-state index is 12.6. The molecular formula is C20H26ClN5O2. The highest BCUT2D eigenvalue weighted by atomic mass is 35.5. The summed E-state index contributed by atoms with van der Waals surface area (Å²) in [4.78, 5) is 14.3. The lowest BCUT2D eigenvalue weighted by Crippen LogP contribution is -2.42. The minimum Gasteiger partial charge on any atom is -0.443 e. The van der Waals surface area contributed by atoms with Gasteiger partial charge in [0.2, 0.25) is 0 Å². The van der Waals surface area contributed by atoms with Crippen molar-refractivity contribution in [1.29, 1.82) is 0 Å². The van der Waals surface area contributed by atoms with E-state index < -0.39 is 5.60 Å². The smallest absolute Gasteiger partial charge is 0.414 e. The molecule has 150 valence electrons. The van der Waals surface area contributed by atoms with Crippen LogP contribution in [0, 0.1) is 0 Å². The average molecular weight is 404 g/mol. The molecule has 1 atom stereocenters. The molecule has 28 heavy (non-hydrogen) atoms. The average Bonchev–Trinajstić information content (AvgIpc) is 2.65. The number of anilines is 2. The van der Waals surface area contributed by atoms with Gasteiger partial charge in [-0.3, -0.25) is 4.90 Å². The predicted octanol–water partition coefficient (Wildman–Crippen LogP) is 4.15. The van der Waals surface area contributed by atoms with Crippen LogP contribution in [0.25, 0.3) is 0 Å². The first-order chi connectivity index (χ1) is 13.3. The number of nitrogens with one attached hydrogen (secondary N) is 2. The molecule has 1 amide bonds. The van der Waals surface area contributed by atoms with Crippen molar-refractivity contribution in [2.24, 2.45) is 0 Å². The lowest BCUT2D eigenvalue weighted by atomic mass is 9.96. The number of nitrogens with zero attached hydrogens (tertiary/aromatic N) is 3. The van der Waals surface area contributed by atoms with Crippen LogP contribution in [0.2, 0.25) is 5.15 Å². The molecule has 0 aliphatic carbocycles. The molecule has 2 heterocycles. The Labute approximate surface area is 170 Å². The fourth-order valence-electron chi connectivity index (χ4n) is 3.24. The van der Waals surface area contributed by atoms with Crippen molar-refractivity contribution in [2.45, 2.75) is 45.4 Å². The molecule has 1 unspecified atom stereocenters. The summed E-state index contributed by atoms with van der Waals surface area (Å²) < 4.78 is 5.57. The molecule has 1 aromatic carbocycles. The van der Waals surface area contributed by atoms with Gasteiger partial charge in [0.05, 0.1) is 11.4 Å². The van der Waals surface area contributed by atoms with Crippen molar-refractivity contribution in [1.82, 2.24) is 15.5 Å². The van der Waals surface area contributed by atoms with Crippen molar-refractivity contribution in [3.63, 3.8) is 0 Å². The predicted molar refractivity (Wildman–Crippen MR) is 111 cm³/mol. The van der Waals surface area contributed by atoms with Crippen molar-refractivity contribution < 1.29 is 9.53 Å². The zero-order valence-corrected chi connectivity index (χ0v) is 17.4. The van der Waals surface area contributed by atoms with Gasteiger partial charge in [0, 0.05) is 32.2 Å². The Balaban J connectivity index is 1.77. The van der Waals surface area contributed by atoms with E-state index >= 15 is 0 Å². The molecule has 0 saturated heterocycles. The van der Waals surface area contributed by atoms with Gasteiger partial charge in [-0.05, 0) is 38.8 Å². The fourth-order valence-corrected chi connectivity index (χ4v) is 3.39. The van der Waals surface area contributed by atoms with Gasteiger partial charge in [-0.25, -0.2) is 4.79 Å². The van der Waals surface area contributed by atoms with E-state index in [9.17, 15) is 4.79 Å². The number of hydrogen-bond acceptors (Lipinski definition) is 6. The van der Waals surface area contributed by atoms with Gasteiger partial charge in [-0.2, -0.15) is 5.10 Å².